The number of hydrogen-bond acceptors (Lipinski definition) is 2. The van der Waals surface area contributed by atoms with Crippen molar-refractivity contribution in [2.45, 2.75) is 19.4 Å². The first-order chi connectivity index (χ1) is 11.2. The molecule has 0 aliphatic rings. The number of aromatic hydroxyl groups is 1. The van der Waals surface area contributed by atoms with Gasteiger partial charge in [-0.2, -0.15) is 0 Å². The first-order valence-corrected chi connectivity index (χ1v) is 8.02. The van der Waals surface area contributed by atoms with Gasteiger partial charge in [-0.3, -0.25) is 4.99 Å². The zero-order valence-corrected chi connectivity index (χ0v) is 16.7. The van der Waals surface area contributed by atoms with Crippen LogP contribution in [0.3, 0.4) is 0 Å². The highest BCUT2D eigenvalue weighted by molar-refractivity contribution is 14.0. The van der Waals surface area contributed by atoms with Crippen LogP contribution in [0.5, 0.6) is 5.75 Å². The molecule has 6 heteroatoms. The maximum absolute atomic E-state index is 9.26. The lowest BCUT2D eigenvalue weighted by Gasteiger charge is -2.12. The molecule has 0 aromatic heterocycles. The minimum absolute atomic E-state index is 0. The first-order valence-electron chi connectivity index (χ1n) is 7.64. The molecule has 0 unspecified atom stereocenters. The van der Waals surface area contributed by atoms with E-state index >= 15 is 0 Å². The second kappa shape index (κ2) is 11.1. The summed E-state index contributed by atoms with van der Waals surface area (Å²) in [5, 5.41) is 16.6. The lowest BCUT2D eigenvalue weighted by Crippen LogP contribution is -2.37. The Labute approximate surface area is 165 Å². The Kier molecular flexibility index (Phi) is 9.56. The summed E-state index contributed by atoms with van der Waals surface area (Å²) in [5.74, 6) is 1.09. The Bertz CT molecular complexity index is 630. The van der Waals surface area contributed by atoms with Crippen LogP contribution in [0, 0.1) is 0 Å². The SMILES string of the molecule is CN=C(NCCCc1ccc(O)cc1)NCc1ccc(Cl)cc1.I. The lowest BCUT2D eigenvalue weighted by molar-refractivity contribution is 0.475. The summed E-state index contributed by atoms with van der Waals surface area (Å²) in [7, 11) is 1.76. The summed E-state index contributed by atoms with van der Waals surface area (Å²) in [6.07, 6.45) is 1.95. The first kappa shape index (κ1) is 20.6. The molecule has 0 amide bonds. The number of phenolic OH excluding ortho intramolecular Hbond substituents is 1. The summed E-state index contributed by atoms with van der Waals surface area (Å²) >= 11 is 5.87. The molecular formula is C18H23ClIN3O. The van der Waals surface area contributed by atoms with Gasteiger partial charge in [0, 0.05) is 25.2 Å². The van der Waals surface area contributed by atoms with Crippen LogP contribution >= 0.6 is 35.6 Å². The van der Waals surface area contributed by atoms with Crippen molar-refractivity contribution in [1.82, 2.24) is 10.6 Å². The fraction of sp³-hybridized carbons (Fsp3) is 0.278. The quantitative estimate of drug-likeness (QED) is 0.265. The molecule has 2 aromatic carbocycles. The summed E-state index contributed by atoms with van der Waals surface area (Å²) < 4.78 is 0. The van der Waals surface area contributed by atoms with Crippen LogP contribution in [0.4, 0.5) is 0 Å². The van der Waals surface area contributed by atoms with Gasteiger partial charge in [0.15, 0.2) is 5.96 Å². The number of benzene rings is 2. The van der Waals surface area contributed by atoms with Gasteiger partial charge in [0.2, 0.25) is 0 Å². The average Bonchev–Trinajstić information content (AvgIpc) is 2.57. The molecule has 0 saturated carbocycles. The molecule has 0 spiro atoms. The molecule has 4 nitrogen and oxygen atoms in total. The van der Waals surface area contributed by atoms with Gasteiger partial charge in [0.05, 0.1) is 0 Å². The smallest absolute Gasteiger partial charge is 0.191 e. The van der Waals surface area contributed by atoms with Crippen LogP contribution < -0.4 is 10.6 Å². The molecule has 0 aliphatic carbocycles. The largest absolute Gasteiger partial charge is 0.508 e. The highest BCUT2D eigenvalue weighted by Gasteiger charge is 1.99. The number of hydrogen-bond donors (Lipinski definition) is 3. The van der Waals surface area contributed by atoms with E-state index in [1.165, 1.54) is 5.56 Å². The van der Waals surface area contributed by atoms with Gasteiger partial charge in [-0.05, 0) is 48.2 Å². The van der Waals surface area contributed by atoms with E-state index in [1.807, 2.05) is 36.4 Å². The summed E-state index contributed by atoms with van der Waals surface area (Å²) in [4.78, 5) is 4.21. The number of nitrogens with one attached hydrogen (secondary N) is 2. The van der Waals surface area contributed by atoms with Gasteiger partial charge < -0.3 is 15.7 Å². The third kappa shape index (κ3) is 7.40. The van der Waals surface area contributed by atoms with Crippen LogP contribution in [0.2, 0.25) is 5.02 Å². The highest BCUT2D eigenvalue weighted by Crippen LogP contribution is 2.11. The van der Waals surface area contributed by atoms with E-state index in [1.54, 1.807) is 19.2 Å². The predicted molar refractivity (Wildman–Crippen MR) is 111 cm³/mol. The Morgan fingerprint density at radius 3 is 2.25 bits per heavy atom. The molecule has 130 valence electrons. The normalized spacial score (nSPS) is 10.8. The number of aliphatic imine (C=N–C) groups is 1. The molecular weight excluding hydrogens is 437 g/mol. The fourth-order valence-corrected chi connectivity index (χ4v) is 2.30. The zero-order chi connectivity index (χ0) is 16.5. The van der Waals surface area contributed by atoms with Crippen LogP contribution in [-0.2, 0) is 13.0 Å². The molecule has 0 radical (unpaired) electrons. The zero-order valence-electron chi connectivity index (χ0n) is 13.6. The van der Waals surface area contributed by atoms with Crippen LogP contribution in [0.25, 0.3) is 0 Å². The van der Waals surface area contributed by atoms with E-state index < -0.39 is 0 Å². The molecule has 0 aliphatic heterocycles. The van der Waals surface area contributed by atoms with Gasteiger partial charge in [0.25, 0.3) is 0 Å². The summed E-state index contributed by atoms with van der Waals surface area (Å²) in [6, 6.07) is 15.1. The summed E-state index contributed by atoms with van der Waals surface area (Å²) in [6.45, 7) is 1.54. The van der Waals surface area contributed by atoms with Crippen molar-refractivity contribution in [3.63, 3.8) is 0 Å². The molecule has 0 heterocycles. The van der Waals surface area contributed by atoms with E-state index in [0.29, 0.717) is 12.3 Å². The van der Waals surface area contributed by atoms with Crippen molar-refractivity contribution in [1.29, 1.82) is 0 Å². The maximum atomic E-state index is 9.26. The van der Waals surface area contributed by atoms with Crippen molar-refractivity contribution in [2.24, 2.45) is 4.99 Å². The van der Waals surface area contributed by atoms with E-state index in [0.717, 1.165) is 35.9 Å². The van der Waals surface area contributed by atoms with Crippen LogP contribution in [-0.4, -0.2) is 24.7 Å². The third-order valence-corrected chi connectivity index (χ3v) is 3.72. The molecule has 0 fully saturated rings. The molecule has 24 heavy (non-hydrogen) atoms. The van der Waals surface area contributed by atoms with Gasteiger partial charge in [-0.1, -0.05) is 35.9 Å². The van der Waals surface area contributed by atoms with Gasteiger partial charge >= 0.3 is 0 Å². The second-order valence-corrected chi connectivity index (χ2v) is 5.69. The monoisotopic (exact) mass is 459 g/mol. The van der Waals surface area contributed by atoms with Crippen molar-refractivity contribution >= 4 is 41.5 Å². The predicted octanol–water partition coefficient (Wildman–Crippen LogP) is 3.96. The summed E-state index contributed by atoms with van der Waals surface area (Å²) in [5.41, 5.74) is 2.37. The second-order valence-electron chi connectivity index (χ2n) is 5.25. The third-order valence-electron chi connectivity index (χ3n) is 3.47. The number of halogens is 2. The number of guanidine groups is 1. The maximum Gasteiger partial charge on any atom is 0.191 e. The molecule has 0 saturated heterocycles. The van der Waals surface area contributed by atoms with Gasteiger partial charge in [-0.25, -0.2) is 0 Å². The minimum atomic E-state index is 0. The minimum Gasteiger partial charge on any atom is -0.508 e. The van der Waals surface area contributed by atoms with Crippen LogP contribution in [0.1, 0.15) is 17.5 Å². The number of rotatable bonds is 6. The van der Waals surface area contributed by atoms with E-state index in [4.69, 9.17) is 11.6 Å². The highest BCUT2D eigenvalue weighted by atomic mass is 127. The molecule has 2 aromatic rings. The standard InChI is InChI=1S/C18H22ClN3O.HI/c1-20-18(22-13-15-4-8-16(19)9-5-15)21-12-2-3-14-6-10-17(23)11-7-14;/h4-11,23H,2-3,12-13H2,1H3,(H2,20,21,22);1H. The lowest BCUT2D eigenvalue weighted by atomic mass is 10.1. The number of phenols is 1. The fourth-order valence-electron chi connectivity index (χ4n) is 2.17. The van der Waals surface area contributed by atoms with E-state index in [-0.39, 0.29) is 24.0 Å². The molecule has 2 rings (SSSR count). The Hall–Kier alpha value is -1.47. The number of nitrogens with zero attached hydrogens (tertiary/aromatic N) is 1. The van der Waals surface area contributed by atoms with Crippen molar-refractivity contribution in [3.05, 3.63) is 64.7 Å². The topological polar surface area (TPSA) is 56.7 Å². The Balaban J connectivity index is 0.00000288. The van der Waals surface area contributed by atoms with E-state index in [9.17, 15) is 5.11 Å². The molecule has 3 N–H and O–H groups in total. The van der Waals surface area contributed by atoms with Crippen LogP contribution in [0.15, 0.2) is 53.5 Å². The van der Waals surface area contributed by atoms with Gasteiger partial charge in [0.1, 0.15) is 5.75 Å². The van der Waals surface area contributed by atoms with Crippen molar-refractivity contribution < 1.29 is 5.11 Å². The molecule has 0 atom stereocenters. The van der Waals surface area contributed by atoms with E-state index in [2.05, 4.69) is 15.6 Å². The Morgan fingerprint density at radius 2 is 1.62 bits per heavy atom. The van der Waals surface area contributed by atoms with Gasteiger partial charge in [-0.15, -0.1) is 24.0 Å². The average molecular weight is 460 g/mol. The Morgan fingerprint density at radius 1 is 1.00 bits per heavy atom. The van der Waals surface area contributed by atoms with Crippen molar-refractivity contribution in [2.75, 3.05) is 13.6 Å². The molecule has 0 bridgehead atoms. The van der Waals surface area contributed by atoms with Crippen molar-refractivity contribution in [3.8, 4) is 5.75 Å². The number of aryl methyl sites for hydroxylation is 1.